The fourth-order valence-corrected chi connectivity index (χ4v) is 2.16. The van der Waals surface area contributed by atoms with Crippen molar-refractivity contribution in [2.75, 3.05) is 5.32 Å². The number of carbonyl (C=O) groups excluding carboxylic acids is 1. The number of amides is 1. The minimum atomic E-state index is -4.61. The summed E-state index contributed by atoms with van der Waals surface area (Å²) < 4.78 is 37.9. The number of phenols is 1. The third-order valence-electron chi connectivity index (χ3n) is 2.65. The van der Waals surface area contributed by atoms with Gasteiger partial charge in [-0.05, 0) is 18.2 Å². The smallest absolute Gasteiger partial charge is 0.416 e. The average molecular weight is 351 g/mol. The van der Waals surface area contributed by atoms with Gasteiger partial charge in [-0.15, -0.1) is 0 Å². The van der Waals surface area contributed by atoms with E-state index in [1.54, 1.807) is 0 Å². The molecule has 9 heteroatoms. The maximum absolute atomic E-state index is 12.6. The molecule has 0 spiro atoms. The van der Waals surface area contributed by atoms with E-state index < -0.39 is 29.1 Å². The molecule has 0 aliphatic rings. The van der Waals surface area contributed by atoms with Gasteiger partial charge in [0.1, 0.15) is 5.75 Å². The lowest BCUT2D eigenvalue weighted by molar-refractivity contribution is -0.137. The second-order valence-electron chi connectivity index (χ2n) is 4.16. The Kier molecular flexibility index (Phi) is 4.48. The van der Waals surface area contributed by atoms with Gasteiger partial charge in [0.25, 0.3) is 5.91 Å². The van der Waals surface area contributed by atoms with Gasteiger partial charge < -0.3 is 10.4 Å². The minimum Gasteiger partial charge on any atom is -0.506 e. The van der Waals surface area contributed by atoms with E-state index in [1.807, 2.05) is 0 Å². The zero-order valence-corrected chi connectivity index (χ0v) is 12.1. The number of alkyl halides is 3. The average Bonchev–Trinajstić information content (AvgIpc) is 2.39. The molecule has 0 atom stereocenters. The summed E-state index contributed by atoms with van der Waals surface area (Å²) in [4.78, 5) is 15.7. The molecule has 2 aromatic rings. The first kappa shape index (κ1) is 16.4. The van der Waals surface area contributed by atoms with E-state index in [0.717, 1.165) is 18.5 Å². The van der Waals surface area contributed by atoms with Crippen LogP contribution < -0.4 is 5.32 Å². The highest BCUT2D eigenvalue weighted by Gasteiger charge is 2.31. The van der Waals surface area contributed by atoms with Crippen LogP contribution in [0.1, 0.15) is 15.9 Å². The molecule has 0 aliphatic carbocycles. The number of phenolic OH excluding ortho intramolecular Hbond substituents is 1. The van der Waals surface area contributed by atoms with Gasteiger partial charge in [-0.2, -0.15) is 13.2 Å². The highest BCUT2D eigenvalue weighted by atomic mass is 35.5. The molecular formula is C13H7Cl2F3N2O2. The summed E-state index contributed by atoms with van der Waals surface area (Å²) in [6.07, 6.45) is -2.29. The van der Waals surface area contributed by atoms with E-state index >= 15 is 0 Å². The van der Waals surface area contributed by atoms with Crippen molar-refractivity contribution < 1.29 is 23.1 Å². The molecule has 1 amide bonds. The number of hydrogen-bond acceptors (Lipinski definition) is 3. The second-order valence-corrected chi connectivity index (χ2v) is 4.98. The molecule has 116 valence electrons. The zero-order chi connectivity index (χ0) is 16.5. The maximum atomic E-state index is 12.6. The summed E-state index contributed by atoms with van der Waals surface area (Å²) in [5.41, 5.74) is -1.59. The van der Waals surface area contributed by atoms with Crippen molar-refractivity contribution in [2.45, 2.75) is 6.18 Å². The Balaban J connectivity index is 2.37. The number of anilines is 1. The van der Waals surface area contributed by atoms with Crippen molar-refractivity contribution in [3.8, 4) is 5.75 Å². The number of pyridine rings is 1. The number of hydrogen-bond donors (Lipinski definition) is 2. The lowest BCUT2D eigenvalue weighted by Crippen LogP contribution is -2.14. The Hall–Kier alpha value is -1.99. The van der Waals surface area contributed by atoms with Crippen LogP contribution in [0.15, 0.2) is 30.6 Å². The molecule has 2 N–H and O–H groups in total. The van der Waals surface area contributed by atoms with Crippen molar-refractivity contribution >= 4 is 34.8 Å². The number of rotatable bonds is 2. The first-order valence-electron chi connectivity index (χ1n) is 5.70. The summed E-state index contributed by atoms with van der Waals surface area (Å²) in [6, 6.07) is 2.13. The lowest BCUT2D eigenvalue weighted by Gasteiger charge is -2.12. The number of nitrogens with zero attached hydrogens (tertiary/aromatic N) is 1. The molecule has 2 rings (SSSR count). The highest BCUT2D eigenvalue weighted by molar-refractivity contribution is 6.40. The van der Waals surface area contributed by atoms with E-state index in [4.69, 9.17) is 23.2 Å². The monoisotopic (exact) mass is 350 g/mol. The number of benzene rings is 1. The van der Waals surface area contributed by atoms with Gasteiger partial charge in [0.05, 0.1) is 26.9 Å². The van der Waals surface area contributed by atoms with E-state index in [1.165, 1.54) is 0 Å². The molecule has 0 aliphatic heterocycles. The fraction of sp³-hybridized carbons (Fsp3) is 0.0769. The number of carbonyl (C=O) groups is 1. The quantitative estimate of drug-likeness (QED) is 0.790. The van der Waals surface area contributed by atoms with E-state index in [0.29, 0.717) is 12.1 Å². The standard InChI is InChI=1S/C13H7Cl2F3N2O2/c14-7-4-19-5-8(15)11(7)12(22)20-9-3-6(13(16,17)18)1-2-10(9)21/h1-5,21H,(H,20,22). The van der Waals surface area contributed by atoms with E-state index in [-0.39, 0.29) is 15.6 Å². The Labute approximate surface area is 132 Å². The van der Waals surface area contributed by atoms with Gasteiger partial charge in [-0.1, -0.05) is 23.2 Å². The Bertz CT molecular complexity index is 715. The number of halogens is 5. The third kappa shape index (κ3) is 3.42. The number of aromatic hydroxyl groups is 1. The predicted octanol–water partition coefficient (Wildman–Crippen LogP) is 4.37. The van der Waals surface area contributed by atoms with Crippen LogP contribution in [-0.4, -0.2) is 16.0 Å². The van der Waals surface area contributed by atoms with E-state index in [2.05, 4.69) is 10.3 Å². The van der Waals surface area contributed by atoms with Crippen molar-refractivity contribution in [2.24, 2.45) is 0 Å². The lowest BCUT2D eigenvalue weighted by atomic mass is 10.1. The minimum absolute atomic E-state index is 0.0727. The molecule has 0 saturated carbocycles. The molecule has 0 unspecified atom stereocenters. The summed E-state index contributed by atoms with van der Waals surface area (Å²) in [5.74, 6) is -1.39. The fourth-order valence-electron chi connectivity index (χ4n) is 1.63. The SMILES string of the molecule is O=C(Nc1cc(C(F)(F)F)ccc1O)c1c(Cl)cncc1Cl. The summed E-state index contributed by atoms with van der Waals surface area (Å²) in [6.45, 7) is 0. The molecule has 4 nitrogen and oxygen atoms in total. The maximum Gasteiger partial charge on any atom is 0.416 e. The van der Waals surface area contributed by atoms with Crippen LogP contribution >= 0.6 is 23.2 Å². The third-order valence-corrected chi connectivity index (χ3v) is 3.23. The van der Waals surface area contributed by atoms with Crippen LogP contribution in [0.2, 0.25) is 10.0 Å². The van der Waals surface area contributed by atoms with Crippen LogP contribution in [0, 0.1) is 0 Å². The molecule has 0 radical (unpaired) electrons. The number of aromatic nitrogens is 1. The number of nitrogens with one attached hydrogen (secondary N) is 1. The normalized spacial score (nSPS) is 11.3. The zero-order valence-electron chi connectivity index (χ0n) is 10.6. The molecule has 1 heterocycles. The Morgan fingerprint density at radius 2 is 1.77 bits per heavy atom. The van der Waals surface area contributed by atoms with Crippen molar-refractivity contribution in [3.63, 3.8) is 0 Å². The second kappa shape index (κ2) is 6.02. The van der Waals surface area contributed by atoms with Gasteiger partial charge in [0, 0.05) is 12.4 Å². The van der Waals surface area contributed by atoms with Gasteiger partial charge in [0.15, 0.2) is 0 Å². The summed E-state index contributed by atoms with van der Waals surface area (Å²) in [7, 11) is 0. The van der Waals surface area contributed by atoms with Crippen LogP contribution in [-0.2, 0) is 6.18 Å². The van der Waals surface area contributed by atoms with Crippen LogP contribution in [0.5, 0.6) is 5.75 Å². The van der Waals surface area contributed by atoms with Crippen molar-refractivity contribution in [1.29, 1.82) is 0 Å². The van der Waals surface area contributed by atoms with Crippen LogP contribution in [0.4, 0.5) is 18.9 Å². The Morgan fingerprint density at radius 3 is 2.32 bits per heavy atom. The first-order chi connectivity index (χ1) is 10.2. The molecule has 0 fully saturated rings. The molecular weight excluding hydrogens is 344 g/mol. The van der Waals surface area contributed by atoms with Crippen molar-refractivity contribution in [3.05, 3.63) is 51.8 Å². The topological polar surface area (TPSA) is 62.2 Å². The first-order valence-corrected chi connectivity index (χ1v) is 6.46. The van der Waals surface area contributed by atoms with Gasteiger partial charge in [-0.25, -0.2) is 0 Å². The van der Waals surface area contributed by atoms with Crippen LogP contribution in [0.25, 0.3) is 0 Å². The largest absolute Gasteiger partial charge is 0.506 e. The van der Waals surface area contributed by atoms with Crippen LogP contribution in [0.3, 0.4) is 0 Å². The summed E-state index contributed by atoms with van der Waals surface area (Å²) in [5, 5.41) is 11.6. The van der Waals surface area contributed by atoms with E-state index in [9.17, 15) is 23.1 Å². The van der Waals surface area contributed by atoms with Gasteiger partial charge in [0.2, 0.25) is 0 Å². The highest BCUT2D eigenvalue weighted by Crippen LogP contribution is 2.35. The molecule has 0 bridgehead atoms. The predicted molar refractivity (Wildman–Crippen MR) is 75.3 cm³/mol. The molecule has 1 aromatic carbocycles. The Morgan fingerprint density at radius 1 is 1.18 bits per heavy atom. The molecule has 1 aromatic heterocycles. The van der Waals surface area contributed by atoms with Crippen molar-refractivity contribution in [1.82, 2.24) is 4.98 Å². The molecule has 22 heavy (non-hydrogen) atoms. The molecule has 0 saturated heterocycles. The van der Waals surface area contributed by atoms with Gasteiger partial charge >= 0.3 is 6.18 Å². The summed E-state index contributed by atoms with van der Waals surface area (Å²) >= 11 is 11.6. The van der Waals surface area contributed by atoms with Gasteiger partial charge in [-0.3, -0.25) is 9.78 Å².